The number of ether oxygens (including phenoxy) is 1. The first kappa shape index (κ1) is 19.4. The molecule has 5 rings (SSSR count). The van der Waals surface area contributed by atoms with Crippen LogP contribution in [0.5, 0.6) is 0 Å². The highest BCUT2D eigenvalue weighted by Gasteiger charge is 2.71. The summed E-state index contributed by atoms with van der Waals surface area (Å²) in [5.74, 6) is 2.21. The Hall–Kier alpha value is -1.52. The fourth-order valence-corrected chi connectivity index (χ4v) is 8.55. The Morgan fingerprint density at radius 3 is 2.66 bits per heavy atom. The van der Waals surface area contributed by atoms with E-state index in [4.69, 9.17) is 4.74 Å². The standard InChI is InChI=1S/C24H34N2O3/c1-14(27)24-17(13-25-26-24)12-21-19-6-5-16-11-18(29-15(2)28)7-9-22(16,3)20(19)8-10-23(21,24)4/h5,17-21H,6-13H2,1-4H3/t17-,18-,19-,20+,21+,22-,23-,24-/m0/s1. The van der Waals surface area contributed by atoms with Crippen molar-refractivity contribution in [1.29, 1.82) is 0 Å². The van der Waals surface area contributed by atoms with Crippen molar-refractivity contribution >= 4 is 11.8 Å². The summed E-state index contributed by atoms with van der Waals surface area (Å²) in [4.78, 5) is 24.3. The molecule has 3 fully saturated rings. The summed E-state index contributed by atoms with van der Waals surface area (Å²) in [5.41, 5.74) is 1.10. The van der Waals surface area contributed by atoms with Crippen molar-refractivity contribution in [3.05, 3.63) is 11.6 Å². The first-order valence-corrected chi connectivity index (χ1v) is 11.5. The van der Waals surface area contributed by atoms with Crippen LogP contribution in [0.15, 0.2) is 21.9 Å². The molecule has 0 spiro atoms. The maximum absolute atomic E-state index is 12.9. The lowest BCUT2D eigenvalue weighted by molar-refractivity contribution is -0.149. The first-order chi connectivity index (χ1) is 13.7. The maximum atomic E-state index is 12.9. The van der Waals surface area contributed by atoms with Gasteiger partial charge in [-0.05, 0) is 68.6 Å². The second-order valence-electron chi connectivity index (χ2n) is 10.9. The number of hydrogen-bond donors (Lipinski definition) is 0. The van der Waals surface area contributed by atoms with E-state index in [1.807, 2.05) is 0 Å². The third kappa shape index (κ3) is 2.39. The Morgan fingerprint density at radius 2 is 1.93 bits per heavy atom. The number of carbonyl (C=O) groups excluding carboxylic acids is 2. The number of fused-ring (bicyclic) bond motifs is 7. The molecule has 5 nitrogen and oxygen atoms in total. The van der Waals surface area contributed by atoms with Crippen LogP contribution >= 0.6 is 0 Å². The van der Waals surface area contributed by atoms with Crippen LogP contribution in [-0.2, 0) is 14.3 Å². The van der Waals surface area contributed by atoms with Gasteiger partial charge in [-0.3, -0.25) is 9.59 Å². The number of esters is 1. The normalized spacial score (nSPS) is 50.1. The zero-order valence-corrected chi connectivity index (χ0v) is 18.2. The molecule has 1 aliphatic heterocycles. The minimum Gasteiger partial charge on any atom is -0.462 e. The summed E-state index contributed by atoms with van der Waals surface area (Å²) >= 11 is 0. The molecular weight excluding hydrogens is 364 g/mol. The number of ketones is 1. The largest absolute Gasteiger partial charge is 0.462 e. The van der Waals surface area contributed by atoms with Gasteiger partial charge in [0.1, 0.15) is 11.6 Å². The van der Waals surface area contributed by atoms with E-state index in [1.165, 1.54) is 18.9 Å². The van der Waals surface area contributed by atoms with E-state index in [0.717, 1.165) is 45.1 Å². The van der Waals surface area contributed by atoms with Gasteiger partial charge in [-0.2, -0.15) is 10.2 Å². The molecule has 0 unspecified atom stereocenters. The molecule has 0 radical (unpaired) electrons. The van der Waals surface area contributed by atoms with Crippen LogP contribution in [0.25, 0.3) is 0 Å². The number of allylic oxidation sites excluding steroid dienone is 1. The molecule has 3 saturated carbocycles. The topological polar surface area (TPSA) is 68.1 Å². The van der Waals surface area contributed by atoms with Crippen molar-refractivity contribution in [2.24, 2.45) is 44.7 Å². The Labute approximate surface area is 173 Å². The van der Waals surface area contributed by atoms with E-state index in [9.17, 15) is 9.59 Å². The van der Waals surface area contributed by atoms with Crippen LogP contribution in [0.2, 0.25) is 0 Å². The molecule has 0 saturated heterocycles. The molecule has 8 atom stereocenters. The van der Waals surface area contributed by atoms with Crippen molar-refractivity contribution in [3.63, 3.8) is 0 Å². The molecule has 1 heterocycles. The van der Waals surface area contributed by atoms with Gasteiger partial charge in [0.2, 0.25) is 0 Å². The van der Waals surface area contributed by atoms with Crippen molar-refractivity contribution in [3.8, 4) is 0 Å². The SMILES string of the molecule is CC(=O)O[C@H]1CC[C@@]2(C)C(=CC[C@H]3[C@H]2CC[C@@]2(C)[C@@H]3C[C@H]3CN=N[C@@]32C(C)=O)C1. The lowest BCUT2D eigenvalue weighted by atomic mass is 9.46. The quantitative estimate of drug-likeness (QED) is 0.491. The van der Waals surface area contributed by atoms with Crippen LogP contribution in [0.3, 0.4) is 0 Å². The predicted molar refractivity (Wildman–Crippen MR) is 109 cm³/mol. The Morgan fingerprint density at radius 1 is 1.14 bits per heavy atom. The number of Topliss-reactive ketones (excluding diaryl/α,β-unsaturated/α-hetero) is 1. The fraction of sp³-hybridized carbons (Fsp3) is 0.833. The minimum absolute atomic E-state index is 0.0458. The number of azo groups is 1. The van der Waals surface area contributed by atoms with Crippen molar-refractivity contribution in [2.45, 2.75) is 84.3 Å². The van der Waals surface area contributed by atoms with Gasteiger partial charge in [-0.25, -0.2) is 0 Å². The summed E-state index contributed by atoms with van der Waals surface area (Å²) in [7, 11) is 0. The molecule has 0 aromatic heterocycles. The molecule has 0 N–H and O–H groups in total. The number of carbonyl (C=O) groups is 2. The van der Waals surface area contributed by atoms with E-state index in [0.29, 0.717) is 23.7 Å². The maximum Gasteiger partial charge on any atom is 0.302 e. The third-order valence-corrected chi connectivity index (χ3v) is 9.85. The molecular formula is C24H34N2O3. The van der Waals surface area contributed by atoms with E-state index < -0.39 is 5.54 Å². The van der Waals surface area contributed by atoms with Crippen LogP contribution in [0, 0.1) is 34.5 Å². The zero-order chi connectivity index (χ0) is 20.6. The molecule has 0 bridgehead atoms. The van der Waals surface area contributed by atoms with Gasteiger partial charge >= 0.3 is 5.97 Å². The van der Waals surface area contributed by atoms with Gasteiger partial charge in [0, 0.05) is 24.7 Å². The number of rotatable bonds is 2. The molecule has 4 aliphatic carbocycles. The number of nitrogens with zero attached hydrogens (tertiary/aromatic N) is 2. The molecule has 5 aliphatic rings. The van der Waals surface area contributed by atoms with E-state index in [-0.39, 0.29) is 28.7 Å². The summed E-state index contributed by atoms with van der Waals surface area (Å²) in [6.45, 7) is 8.79. The van der Waals surface area contributed by atoms with Gasteiger partial charge in [0.05, 0.1) is 6.54 Å². The van der Waals surface area contributed by atoms with Crippen LogP contribution in [0.4, 0.5) is 0 Å². The minimum atomic E-state index is -0.569. The molecule has 158 valence electrons. The molecule has 0 aromatic carbocycles. The highest BCUT2D eigenvalue weighted by atomic mass is 16.5. The summed E-state index contributed by atoms with van der Waals surface area (Å²) in [6.07, 6.45) is 9.92. The van der Waals surface area contributed by atoms with Crippen molar-refractivity contribution in [2.75, 3.05) is 6.54 Å². The predicted octanol–water partition coefficient (Wildman–Crippen LogP) is 4.90. The number of hydrogen-bond acceptors (Lipinski definition) is 5. The molecule has 5 heteroatoms. The van der Waals surface area contributed by atoms with Gasteiger partial charge < -0.3 is 4.74 Å². The summed E-state index contributed by atoms with van der Waals surface area (Å²) < 4.78 is 5.56. The van der Waals surface area contributed by atoms with Gasteiger partial charge in [-0.1, -0.05) is 25.5 Å². The average Bonchev–Trinajstić information content (AvgIpc) is 3.18. The van der Waals surface area contributed by atoms with Crippen LogP contribution in [0.1, 0.15) is 72.6 Å². The smallest absolute Gasteiger partial charge is 0.302 e. The van der Waals surface area contributed by atoms with E-state index in [1.54, 1.807) is 6.92 Å². The van der Waals surface area contributed by atoms with Crippen molar-refractivity contribution in [1.82, 2.24) is 0 Å². The molecule has 0 aromatic rings. The molecule has 0 amide bonds. The van der Waals surface area contributed by atoms with E-state index >= 15 is 0 Å². The zero-order valence-electron chi connectivity index (χ0n) is 18.2. The van der Waals surface area contributed by atoms with Crippen molar-refractivity contribution < 1.29 is 14.3 Å². The second kappa shape index (κ2) is 6.24. The summed E-state index contributed by atoms with van der Waals surface area (Å²) in [5, 5.41) is 9.03. The van der Waals surface area contributed by atoms with Crippen LogP contribution < -0.4 is 0 Å². The van der Waals surface area contributed by atoms with Gasteiger partial charge in [0.15, 0.2) is 5.78 Å². The lowest BCUT2D eigenvalue weighted by Crippen LogP contribution is -2.57. The Kier molecular flexibility index (Phi) is 4.19. The third-order valence-electron chi connectivity index (χ3n) is 9.85. The highest BCUT2D eigenvalue weighted by Crippen LogP contribution is 2.70. The van der Waals surface area contributed by atoms with E-state index in [2.05, 4.69) is 30.2 Å². The summed E-state index contributed by atoms with van der Waals surface area (Å²) in [6, 6.07) is 0. The molecule has 29 heavy (non-hydrogen) atoms. The van der Waals surface area contributed by atoms with Gasteiger partial charge in [-0.15, -0.1) is 0 Å². The second-order valence-corrected chi connectivity index (χ2v) is 10.9. The first-order valence-electron chi connectivity index (χ1n) is 11.5. The fourth-order valence-electron chi connectivity index (χ4n) is 8.55. The highest BCUT2D eigenvalue weighted by molar-refractivity contribution is 5.88. The monoisotopic (exact) mass is 398 g/mol. The average molecular weight is 399 g/mol. The van der Waals surface area contributed by atoms with Gasteiger partial charge in [0.25, 0.3) is 0 Å². The lowest BCUT2D eigenvalue weighted by Gasteiger charge is -2.58. The Bertz CT molecular complexity index is 819. The van der Waals surface area contributed by atoms with Crippen LogP contribution in [-0.4, -0.2) is 29.9 Å². The Balaban J connectivity index is 1.46.